The molecule has 0 aliphatic heterocycles. The standard InChI is InChI=1S/C9H14N.F6P/c1-9(2)8-10-6-4-3-5-7-10;1-7(2,3,4,5)6/h3-7,9H,8H2,1-2H3;/q+1;-1. The minimum absolute atomic E-state index is 0.729. The number of hydrogen-bond donors (Lipinski definition) is 0. The van der Waals surface area contributed by atoms with E-state index >= 15 is 0 Å². The summed E-state index contributed by atoms with van der Waals surface area (Å²) in [7, 11) is -10.7. The first-order chi connectivity index (χ1) is 7.24. The van der Waals surface area contributed by atoms with Crippen LogP contribution in [0.25, 0.3) is 0 Å². The van der Waals surface area contributed by atoms with Crippen LogP contribution in [-0.2, 0) is 6.54 Å². The van der Waals surface area contributed by atoms with Gasteiger partial charge in [0.25, 0.3) is 0 Å². The van der Waals surface area contributed by atoms with Crippen LogP contribution in [0.1, 0.15) is 13.8 Å². The van der Waals surface area contributed by atoms with Crippen molar-refractivity contribution in [2.24, 2.45) is 5.92 Å². The van der Waals surface area contributed by atoms with Crippen molar-refractivity contribution in [1.82, 2.24) is 0 Å². The van der Waals surface area contributed by atoms with Gasteiger partial charge in [-0.15, -0.1) is 0 Å². The fourth-order valence-corrected chi connectivity index (χ4v) is 0.978. The SMILES string of the molecule is CC(C)C[n+]1ccccc1.F[P-](F)(F)(F)(F)F. The van der Waals surface area contributed by atoms with Crippen molar-refractivity contribution in [2.45, 2.75) is 20.4 Å². The van der Waals surface area contributed by atoms with Crippen molar-refractivity contribution in [3.63, 3.8) is 0 Å². The van der Waals surface area contributed by atoms with Crippen molar-refractivity contribution in [2.75, 3.05) is 0 Å². The zero-order chi connectivity index (χ0) is 13.8. The molecule has 0 atom stereocenters. The Morgan fingerprint density at radius 1 is 0.882 bits per heavy atom. The molecule has 0 spiro atoms. The zero-order valence-electron chi connectivity index (χ0n) is 9.33. The summed E-state index contributed by atoms with van der Waals surface area (Å²) >= 11 is 0. The third-order valence-electron chi connectivity index (χ3n) is 1.35. The van der Waals surface area contributed by atoms with Gasteiger partial charge in [-0.3, -0.25) is 0 Å². The van der Waals surface area contributed by atoms with Crippen molar-refractivity contribution >= 4 is 7.81 Å². The molecule has 0 aliphatic carbocycles. The summed E-state index contributed by atoms with van der Waals surface area (Å²) in [6.45, 7) is 5.56. The summed E-state index contributed by atoms with van der Waals surface area (Å²) in [5.41, 5.74) is 0. The van der Waals surface area contributed by atoms with E-state index in [-0.39, 0.29) is 0 Å². The van der Waals surface area contributed by atoms with Crippen LogP contribution >= 0.6 is 7.81 Å². The van der Waals surface area contributed by atoms with Crippen LogP contribution in [0.5, 0.6) is 0 Å². The van der Waals surface area contributed by atoms with Crippen LogP contribution in [0.2, 0.25) is 0 Å². The summed E-state index contributed by atoms with van der Waals surface area (Å²) in [5.74, 6) is 0.729. The summed E-state index contributed by atoms with van der Waals surface area (Å²) in [4.78, 5) is 0. The molecule has 8 heteroatoms. The molecule has 1 heterocycles. The fraction of sp³-hybridized carbons (Fsp3) is 0.444. The molecule has 0 amide bonds. The van der Waals surface area contributed by atoms with E-state index in [0.717, 1.165) is 12.5 Å². The Kier molecular flexibility index (Phi) is 4.22. The maximum absolute atomic E-state index is 10.7. The summed E-state index contributed by atoms with van der Waals surface area (Å²) in [6, 6.07) is 6.15. The van der Waals surface area contributed by atoms with Gasteiger partial charge in [0, 0.05) is 18.1 Å². The van der Waals surface area contributed by atoms with Crippen molar-refractivity contribution in [3.8, 4) is 0 Å². The molecule has 0 N–H and O–H groups in total. The van der Waals surface area contributed by atoms with Gasteiger partial charge in [-0.05, 0) is 0 Å². The summed E-state index contributed by atoms with van der Waals surface area (Å²) < 4.78 is 61.4. The van der Waals surface area contributed by atoms with E-state index in [1.54, 1.807) is 0 Å². The van der Waals surface area contributed by atoms with Gasteiger partial charge in [-0.1, -0.05) is 19.9 Å². The van der Waals surface area contributed by atoms with Crippen LogP contribution in [0.3, 0.4) is 0 Å². The molecular formula is C9H14F6NP. The molecule has 0 unspecified atom stereocenters. The average Bonchev–Trinajstić information content (AvgIpc) is 1.98. The molecule has 0 aliphatic rings. The first-order valence-corrected chi connectivity index (χ1v) is 6.77. The molecule has 1 aromatic rings. The topological polar surface area (TPSA) is 3.88 Å². The Hall–Kier alpha value is -0.840. The first kappa shape index (κ1) is 16.2. The average molecular weight is 281 g/mol. The van der Waals surface area contributed by atoms with Gasteiger partial charge < -0.3 is 0 Å². The van der Waals surface area contributed by atoms with Crippen LogP contribution < -0.4 is 4.57 Å². The molecule has 1 aromatic heterocycles. The Labute approximate surface area is 95.3 Å². The van der Waals surface area contributed by atoms with Gasteiger partial charge in [0.05, 0.1) is 0 Å². The summed E-state index contributed by atoms with van der Waals surface area (Å²) in [5, 5.41) is 0. The predicted molar refractivity (Wildman–Crippen MR) is 55.0 cm³/mol. The van der Waals surface area contributed by atoms with Crippen molar-refractivity contribution in [3.05, 3.63) is 30.6 Å². The molecule has 0 saturated heterocycles. The van der Waals surface area contributed by atoms with Gasteiger partial charge in [-0.25, -0.2) is 4.57 Å². The van der Waals surface area contributed by atoms with Crippen molar-refractivity contribution < 1.29 is 29.7 Å². The van der Waals surface area contributed by atoms with Gasteiger partial charge in [0.1, 0.15) is 0 Å². The molecule has 1 rings (SSSR count). The summed E-state index contributed by atoms with van der Waals surface area (Å²) in [6.07, 6.45) is 4.19. The Bertz CT molecular complexity index is 332. The Morgan fingerprint density at radius 2 is 1.24 bits per heavy atom. The fourth-order valence-electron chi connectivity index (χ4n) is 0.978. The van der Waals surface area contributed by atoms with E-state index < -0.39 is 7.81 Å². The van der Waals surface area contributed by atoms with Crippen LogP contribution in [0.4, 0.5) is 25.2 Å². The van der Waals surface area contributed by atoms with E-state index in [4.69, 9.17) is 0 Å². The van der Waals surface area contributed by atoms with Gasteiger partial charge >= 0.3 is 33.0 Å². The molecule has 102 valence electrons. The molecule has 0 aromatic carbocycles. The maximum atomic E-state index is 9.87. The predicted octanol–water partition coefficient (Wildman–Crippen LogP) is 5.01. The molecule has 0 saturated carbocycles. The number of pyridine rings is 1. The van der Waals surface area contributed by atoms with Crippen LogP contribution in [0, 0.1) is 5.92 Å². The van der Waals surface area contributed by atoms with E-state index in [1.807, 2.05) is 6.07 Å². The van der Waals surface area contributed by atoms with Crippen molar-refractivity contribution in [1.29, 1.82) is 0 Å². The molecule has 0 radical (unpaired) electrons. The van der Waals surface area contributed by atoms with Crippen LogP contribution in [-0.4, -0.2) is 0 Å². The number of nitrogens with zero attached hydrogens (tertiary/aromatic N) is 1. The second-order valence-corrected chi connectivity index (χ2v) is 5.84. The number of aromatic nitrogens is 1. The van der Waals surface area contributed by atoms with E-state index in [0.29, 0.717) is 0 Å². The van der Waals surface area contributed by atoms with E-state index in [1.165, 1.54) is 0 Å². The Balaban J connectivity index is 0.000000325. The van der Waals surface area contributed by atoms with Gasteiger partial charge in [0.15, 0.2) is 18.9 Å². The molecular weight excluding hydrogens is 267 g/mol. The second-order valence-electron chi connectivity index (χ2n) is 3.92. The van der Waals surface area contributed by atoms with Gasteiger partial charge in [-0.2, -0.15) is 0 Å². The van der Waals surface area contributed by atoms with Crippen LogP contribution in [0.15, 0.2) is 30.6 Å². The second kappa shape index (κ2) is 4.44. The number of rotatable bonds is 2. The molecule has 17 heavy (non-hydrogen) atoms. The minimum atomic E-state index is -10.7. The zero-order valence-corrected chi connectivity index (χ0v) is 10.2. The third-order valence-corrected chi connectivity index (χ3v) is 1.35. The number of hydrogen-bond acceptors (Lipinski definition) is 0. The van der Waals surface area contributed by atoms with E-state index in [2.05, 4.69) is 42.9 Å². The number of halogens is 6. The third kappa shape index (κ3) is 21.1. The monoisotopic (exact) mass is 281 g/mol. The molecule has 0 bridgehead atoms. The quantitative estimate of drug-likeness (QED) is 0.407. The van der Waals surface area contributed by atoms with E-state index in [9.17, 15) is 25.2 Å². The Morgan fingerprint density at radius 3 is 1.53 bits per heavy atom. The molecule has 0 fully saturated rings. The molecule has 1 nitrogen and oxygen atoms in total. The van der Waals surface area contributed by atoms with Gasteiger partial charge in [0.2, 0.25) is 0 Å². The first-order valence-electron chi connectivity index (χ1n) is 4.74. The normalized spacial score (nSPS) is 15.6.